The molecule has 2 aliphatic rings. The van der Waals surface area contributed by atoms with Gasteiger partial charge in [0.05, 0.1) is 19.1 Å². The largest absolute Gasteiger partial charge is 0.378 e. The van der Waals surface area contributed by atoms with Crippen molar-refractivity contribution < 1.29 is 9.53 Å². The van der Waals surface area contributed by atoms with Crippen LogP contribution in [0.15, 0.2) is 35.3 Å². The number of rotatable bonds is 8. The van der Waals surface area contributed by atoms with Gasteiger partial charge in [0.1, 0.15) is 0 Å². The van der Waals surface area contributed by atoms with Crippen molar-refractivity contribution in [1.82, 2.24) is 20.4 Å². The maximum absolute atomic E-state index is 13.2. The molecule has 172 valence electrons. The number of carbonyl (C=O) groups excluding carboxylic acids is 1. The van der Waals surface area contributed by atoms with Gasteiger partial charge >= 0.3 is 0 Å². The number of hydrogen-bond acceptors (Lipinski definition) is 4. The minimum Gasteiger partial charge on any atom is -0.378 e. The summed E-state index contributed by atoms with van der Waals surface area (Å²) in [4.78, 5) is 22.1. The van der Waals surface area contributed by atoms with Crippen LogP contribution in [0.2, 0.25) is 0 Å². The summed E-state index contributed by atoms with van der Waals surface area (Å²) in [7, 11) is 1.78. The predicted octanol–water partition coefficient (Wildman–Crippen LogP) is 1.92. The molecule has 0 radical (unpaired) electrons. The molecule has 1 aromatic rings. The Morgan fingerprint density at radius 2 is 1.84 bits per heavy atom. The van der Waals surface area contributed by atoms with Gasteiger partial charge in [-0.05, 0) is 50.4 Å². The number of likely N-dealkylation sites (tertiary alicyclic amines) is 1. The number of guanidine groups is 1. The lowest BCUT2D eigenvalue weighted by atomic mass is 9.97. The summed E-state index contributed by atoms with van der Waals surface area (Å²) >= 11 is 0. The Balaban J connectivity index is 1.47. The van der Waals surface area contributed by atoms with Gasteiger partial charge in [-0.2, -0.15) is 0 Å². The summed E-state index contributed by atoms with van der Waals surface area (Å²) in [5.41, 5.74) is 1.03. The molecule has 2 N–H and O–H groups in total. The van der Waals surface area contributed by atoms with Crippen molar-refractivity contribution in [1.29, 1.82) is 0 Å². The van der Waals surface area contributed by atoms with E-state index < -0.39 is 0 Å². The number of amides is 1. The summed E-state index contributed by atoms with van der Waals surface area (Å²) in [6.07, 6.45) is 3.72. The summed E-state index contributed by atoms with van der Waals surface area (Å²) in [6.45, 7) is 9.84. The van der Waals surface area contributed by atoms with E-state index in [4.69, 9.17) is 4.74 Å². The minimum absolute atomic E-state index is 0.150. The lowest BCUT2D eigenvalue weighted by molar-refractivity contribution is -0.136. The Hall–Kier alpha value is -2.12. The van der Waals surface area contributed by atoms with E-state index in [9.17, 15) is 4.79 Å². The Labute approximate surface area is 187 Å². The van der Waals surface area contributed by atoms with Crippen molar-refractivity contribution >= 4 is 11.9 Å². The summed E-state index contributed by atoms with van der Waals surface area (Å²) in [5.74, 6) is 1.53. The van der Waals surface area contributed by atoms with Crippen molar-refractivity contribution in [2.45, 2.75) is 32.1 Å². The second-order valence-electron chi connectivity index (χ2n) is 8.66. The Morgan fingerprint density at radius 3 is 2.52 bits per heavy atom. The summed E-state index contributed by atoms with van der Waals surface area (Å²) in [6, 6.07) is 10.0. The molecule has 7 heteroatoms. The zero-order valence-electron chi connectivity index (χ0n) is 19.2. The number of hydrogen-bond donors (Lipinski definition) is 2. The third kappa shape index (κ3) is 7.51. The number of benzene rings is 1. The third-order valence-corrected chi connectivity index (χ3v) is 6.34. The van der Waals surface area contributed by atoms with Crippen LogP contribution in [-0.2, 0) is 9.53 Å². The van der Waals surface area contributed by atoms with Gasteiger partial charge in [0.25, 0.3) is 0 Å². The number of nitrogens with one attached hydrogen (secondary N) is 2. The second kappa shape index (κ2) is 12.7. The maximum Gasteiger partial charge on any atom is 0.232 e. The Morgan fingerprint density at radius 1 is 1.13 bits per heavy atom. The number of ether oxygens (including phenoxy) is 1. The van der Waals surface area contributed by atoms with E-state index >= 15 is 0 Å². The quantitative estimate of drug-likeness (QED) is 0.375. The van der Waals surface area contributed by atoms with Crippen LogP contribution < -0.4 is 10.6 Å². The topological polar surface area (TPSA) is 69.2 Å². The number of nitrogens with zero attached hydrogens (tertiary/aromatic N) is 3. The molecule has 0 aromatic heterocycles. The van der Waals surface area contributed by atoms with Crippen LogP contribution in [0, 0.1) is 5.92 Å². The first-order valence-corrected chi connectivity index (χ1v) is 11.8. The Bertz CT molecular complexity index is 682. The average Bonchev–Trinajstić information content (AvgIpc) is 2.82. The molecule has 0 spiro atoms. The number of piperidine rings is 1. The van der Waals surface area contributed by atoms with E-state index in [1.54, 1.807) is 7.05 Å². The summed E-state index contributed by atoms with van der Waals surface area (Å²) < 4.78 is 5.41. The van der Waals surface area contributed by atoms with Gasteiger partial charge in [0, 0.05) is 33.2 Å². The molecule has 1 unspecified atom stereocenters. The first kappa shape index (κ1) is 23.5. The van der Waals surface area contributed by atoms with Gasteiger partial charge in [-0.25, -0.2) is 0 Å². The average molecular weight is 430 g/mol. The molecule has 1 atom stereocenters. The molecular weight excluding hydrogens is 390 g/mol. The minimum atomic E-state index is -0.242. The van der Waals surface area contributed by atoms with Crippen LogP contribution in [0.5, 0.6) is 0 Å². The number of aliphatic imine (C=N–C) groups is 1. The fourth-order valence-electron chi connectivity index (χ4n) is 4.25. The van der Waals surface area contributed by atoms with E-state index in [2.05, 4.69) is 27.4 Å². The highest BCUT2D eigenvalue weighted by atomic mass is 16.5. The molecule has 0 saturated carbocycles. The zero-order valence-corrected chi connectivity index (χ0v) is 19.2. The molecule has 0 bridgehead atoms. The molecule has 31 heavy (non-hydrogen) atoms. The van der Waals surface area contributed by atoms with Gasteiger partial charge in [0.15, 0.2) is 5.96 Å². The van der Waals surface area contributed by atoms with Gasteiger partial charge in [-0.1, -0.05) is 37.3 Å². The highest BCUT2D eigenvalue weighted by molar-refractivity contribution is 5.86. The van der Waals surface area contributed by atoms with Crippen LogP contribution in [0.25, 0.3) is 0 Å². The molecule has 0 aliphatic carbocycles. The molecule has 2 fully saturated rings. The van der Waals surface area contributed by atoms with E-state index in [0.29, 0.717) is 32.8 Å². The van der Waals surface area contributed by atoms with Gasteiger partial charge < -0.3 is 25.2 Å². The smallest absolute Gasteiger partial charge is 0.232 e. The summed E-state index contributed by atoms with van der Waals surface area (Å²) in [5, 5.41) is 6.79. The van der Waals surface area contributed by atoms with Crippen molar-refractivity contribution in [3.63, 3.8) is 0 Å². The number of carbonyl (C=O) groups is 1. The second-order valence-corrected chi connectivity index (χ2v) is 8.66. The van der Waals surface area contributed by atoms with E-state index in [1.807, 2.05) is 35.2 Å². The molecule has 2 saturated heterocycles. The van der Waals surface area contributed by atoms with E-state index in [-0.39, 0.29) is 11.8 Å². The van der Waals surface area contributed by atoms with E-state index in [1.165, 1.54) is 25.9 Å². The SMILES string of the molecule is CN=C(NCCCN1CCC(C)CC1)NCC(C(=O)N1CCOCC1)c1ccccc1. The predicted molar refractivity (Wildman–Crippen MR) is 125 cm³/mol. The van der Waals surface area contributed by atoms with Crippen molar-refractivity contribution in [2.24, 2.45) is 10.9 Å². The molecule has 1 aromatic carbocycles. The van der Waals surface area contributed by atoms with Crippen LogP contribution >= 0.6 is 0 Å². The fourth-order valence-corrected chi connectivity index (χ4v) is 4.25. The lowest BCUT2D eigenvalue weighted by Gasteiger charge is -2.31. The van der Waals surface area contributed by atoms with Crippen LogP contribution in [0.1, 0.15) is 37.7 Å². The fraction of sp³-hybridized carbons (Fsp3) is 0.667. The van der Waals surface area contributed by atoms with Gasteiger partial charge in [-0.3, -0.25) is 9.79 Å². The van der Waals surface area contributed by atoms with Crippen molar-refractivity contribution in [2.75, 3.05) is 66.1 Å². The van der Waals surface area contributed by atoms with Gasteiger partial charge in [0.2, 0.25) is 5.91 Å². The molecule has 2 aliphatic heterocycles. The normalized spacial score (nSPS) is 19.8. The van der Waals surface area contributed by atoms with Crippen molar-refractivity contribution in [3.8, 4) is 0 Å². The molecule has 7 nitrogen and oxygen atoms in total. The monoisotopic (exact) mass is 429 g/mol. The molecule has 1 amide bonds. The molecular formula is C24H39N5O2. The zero-order chi connectivity index (χ0) is 21.9. The Kier molecular flexibility index (Phi) is 9.62. The highest BCUT2D eigenvalue weighted by Crippen LogP contribution is 2.19. The van der Waals surface area contributed by atoms with E-state index in [0.717, 1.165) is 37.0 Å². The van der Waals surface area contributed by atoms with Crippen LogP contribution in [0.4, 0.5) is 0 Å². The maximum atomic E-state index is 13.2. The first-order chi connectivity index (χ1) is 15.2. The number of morpholine rings is 1. The van der Waals surface area contributed by atoms with Crippen LogP contribution in [0.3, 0.4) is 0 Å². The van der Waals surface area contributed by atoms with Crippen LogP contribution in [-0.4, -0.2) is 87.7 Å². The standard InChI is InChI=1S/C24H39N5O2/c1-20-9-13-28(14-10-20)12-6-11-26-24(25-2)27-19-22(21-7-4-3-5-8-21)23(30)29-15-17-31-18-16-29/h3-5,7-8,20,22H,6,9-19H2,1-2H3,(H2,25,26,27). The first-order valence-electron chi connectivity index (χ1n) is 11.8. The highest BCUT2D eigenvalue weighted by Gasteiger charge is 2.27. The molecule has 2 heterocycles. The van der Waals surface area contributed by atoms with Crippen molar-refractivity contribution in [3.05, 3.63) is 35.9 Å². The third-order valence-electron chi connectivity index (χ3n) is 6.34. The lowest BCUT2D eigenvalue weighted by Crippen LogP contribution is -2.47. The van der Waals surface area contributed by atoms with Gasteiger partial charge in [-0.15, -0.1) is 0 Å². The molecule has 3 rings (SSSR count).